The van der Waals surface area contributed by atoms with E-state index < -0.39 is 35.6 Å². The number of carbonyl (C=O) groups excluding carboxylic acids is 3. The topological polar surface area (TPSA) is 91.3 Å². The zero-order valence-electron chi connectivity index (χ0n) is 11.2. The molecule has 0 unspecified atom stereocenters. The van der Waals surface area contributed by atoms with Crippen LogP contribution in [0.4, 0.5) is 0 Å². The quantitative estimate of drug-likeness (QED) is 0.234. The van der Waals surface area contributed by atoms with Crippen LogP contribution in [0.5, 0.6) is 0 Å². The number of hydrogen-bond acceptors (Lipinski definition) is 7. The summed E-state index contributed by atoms with van der Waals surface area (Å²) in [4.78, 5) is 38.5. The van der Waals surface area contributed by atoms with Gasteiger partial charge in [-0.25, -0.2) is 9.59 Å². The smallest absolute Gasteiger partial charge is 0.363 e. The summed E-state index contributed by atoms with van der Waals surface area (Å²) in [5, 5.41) is 3.18. The van der Waals surface area contributed by atoms with Crippen molar-refractivity contribution < 1.29 is 28.7 Å². The summed E-state index contributed by atoms with van der Waals surface area (Å²) >= 11 is 2.89. The molecule has 0 N–H and O–H groups in total. The van der Waals surface area contributed by atoms with Crippen LogP contribution in [0.2, 0.25) is 0 Å². The van der Waals surface area contributed by atoms with E-state index in [4.69, 9.17) is 4.74 Å². The van der Waals surface area contributed by atoms with Crippen molar-refractivity contribution in [3.05, 3.63) is 0 Å². The maximum Gasteiger partial charge on any atom is 0.363 e. The Morgan fingerprint density at radius 3 is 2.21 bits per heavy atom. The van der Waals surface area contributed by atoms with Crippen LogP contribution >= 0.6 is 15.9 Å². The van der Waals surface area contributed by atoms with Crippen LogP contribution in [0.1, 0.15) is 20.8 Å². The van der Waals surface area contributed by atoms with Crippen molar-refractivity contribution in [3.8, 4) is 0 Å². The van der Waals surface area contributed by atoms with Crippen molar-refractivity contribution in [1.82, 2.24) is 0 Å². The zero-order chi connectivity index (χ0) is 15.1. The Kier molecular flexibility index (Phi) is 7.28. The zero-order valence-corrected chi connectivity index (χ0v) is 12.8. The third kappa shape index (κ3) is 7.55. The number of alkyl halides is 1. The summed E-state index contributed by atoms with van der Waals surface area (Å²) in [6.07, 6.45) is 0. The maximum atomic E-state index is 11.3. The molecular weight excluding hydrogens is 322 g/mol. The van der Waals surface area contributed by atoms with Crippen LogP contribution in [0.3, 0.4) is 0 Å². The molecule has 0 spiro atoms. The number of rotatable bonds is 6. The monoisotopic (exact) mass is 337 g/mol. The van der Waals surface area contributed by atoms with Gasteiger partial charge in [0.15, 0.2) is 0 Å². The second kappa shape index (κ2) is 7.88. The minimum atomic E-state index is -0.936. The fourth-order valence-corrected chi connectivity index (χ4v) is 1.15. The summed E-state index contributed by atoms with van der Waals surface area (Å²) in [7, 11) is 1.10. The molecule has 0 rings (SSSR count). The van der Waals surface area contributed by atoms with Gasteiger partial charge in [0.2, 0.25) is 18.1 Å². The molecule has 0 aliphatic heterocycles. The lowest BCUT2D eigenvalue weighted by molar-refractivity contribution is -0.160. The van der Waals surface area contributed by atoms with E-state index in [9.17, 15) is 14.4 Å². The number of Topliss-reactive ketones (excluding diaryl/α,β-unsaturated/α-hetero) is 1. The molecule has 0 amide bonds. The second-order valence-corrected chi connectivity index (χ2v) is 4.91. The van der Waals surface area contributed by atoms with Crippen LogP contribution in [0, 0.1) is 0 Å². The number of nitrogens with zero attached hydrogens (tertiary/aromatic N) is 1. The highest BCUT2D eigenvalue weighted by Gasteiger charge is 2.22. The van der Waals surface area contributed by atoms with E-state index in [2.05, 4.69) is 30.7 Å². The number of ketones is 1. The van der Waals surface area contributed by atoms with E-state index in [1.807, 2.05) is 0 Å². The molecule has 0 atom stereocenters. The minimum Gasteiger partial charge on any atom is -0.464 e. The Morgan fingerprint density at radius 2 is 1.79 bits per heavy atom. The van der Waals surface area contributed by atoms with Crippen LogP contribution in [-0.4, -0.2) is 48.1 Å². The first-order valence-electron chi connectivity index (χ1n) is 5.30. The first-order valence-corrected chi connectivity index (χ1v) is 6.42. The maximum absolute atomic E-state index is 11.3. The van der Waals surface area contributed by atoms with Crippen LogP contribution < -0.4 is 0 Å². The first kappa shape index (κ1) is 17.6. The van der Waals surface area contributed by atoms with Gasteiger partial charge in [0.1, 0.15) is 5.60 Å². The minimum absolute atomic E-state index is 0.114. The van der Waals surface area contributed by atoms with Gasteiger partial charge in [0.25, 0.3) is 0 Å². The molecule has 0 heterocycles. The molecule has 0 saturated heterocycles. The molecule has 19 heavy (non-hydrogen) atoms. The Balaban J connectivity index is 4.53. The lowest BCUT2D eigenvalue weighted by Gasteiger charge is -2.18. The Labute approximate surface area is 119 Å². The van der Waals surface area contributed by atoms with Gasteiger partial charge in [0.05, 0.1) is 12.4 Å². The SMILES string of the molecule is COC(=O)C(=NOCC(=O)OC(C)(C)C)C(=O)CBr. The van der Waals surface area contributed by atoms with Crippen molar-refractivity contribution in [2.24, 2.45) is 5.16 Å². The van der Waals surface area contributed by atoms with E-state index in [1.54, 1.807) is 20.8 Å². The number of oxime groups is 1. The summed E-state index contributed by atoms with van der Waals surface area (Å²) in [5.74, 6) is -2.21. The molecule has 0 radical (unpaired) electrons. The number of methoxy groups -OCH3 is 1. The van der Waals surface area contributed by atoms with Gasteiger partial charge in [-0.05, 0) is 20.8 Å². The summed E-state index contributed by atoms with van der Waals surface area (Å²) in [6, 6.07) is 0. The molecule has 108 valence electrons. The molecule has 0 aliphatic rings. The third-order valence-electron chi connectivity index (χ3n) is 1.52. The van der Waals surface area contributed by atoms with E-state index >= 15 is 0 Å². The summed E-state index contributed by atoms with van der Waals surface area (Å²) in [5.41, 5.74) is -1.18. The highest BCUT2D eigenvalue weighted by Crippen LogP contribution is 2.06. The number of ether oxygens (including phenoxy) is 2. The van der Waals surface area contributed by atoms with Gasteiger partial charge >= 0.3 is 11.9 Å². The second-order valence-electron chi connectivity index (χ2n) is 4.35. The summed E-state index contributed by atoms with van der Waals surface area (Å²) in [6.45, 7) is 4.58. The average Bonchev–Trinajstić information content (AvgIpc) is 2.30. The molecule has 0 aromatic carbocycles. The lowest BCUT2D eigenvalue weighted by atomic mass is 10.2. The first-order chi connectivity index (χ1) is 8.71. The van der Waals surface area contributed by atoms with Crippen molar-refractivity contribution in [1.29, 1.82) is 0 Å². The molecule has 8 heteroatoms. The Bertz CT molecular complexity index is 367. The van der Waals surface area contributed by atoms with E-state index in [1.165, 1.54) is 0 Å². The predicted octanol–water partition coefficient (Wildman–Crippen LogP) is 0.838. The molecule has 0 aliphatic carbocycles. The van der Waals surface area contributed by atoms with E-state index in [-0.39, 0.29) is 5.33 Å². The number of hydrogen-bond donors (Lipinski definition) is 0. The molecule has 7 nitrogen and oxygen atoms in total. The van der Waals surface area contributed by atoms with Crippen molar-refractivity contribution in [2.75, 3.05) is 19.0 Å². The summed E-state index contributed by atoms with van der Waals surface area (Å²) < 4.78 is 9.32. The fourth-order valence-electron chi connectivity index (χ4n) is 0.882. The standard InChI is InChI=1S/C11H16BrNO6/c1-11(2,3)19-8(15)6-18-13-9(7(14)5-12)10(16)17-4/h5-6H2,1-4H3. The Hall–Kier alpha value is -1.44. The van der Waals surface area contributed by atoms with Gasteiger partial charge in [-0.15, -0.1) is 0 Å². The molecule has 0 bridgehead atoms. The molecule has 0 aromatic heterocycles. The average molecular weight is 338 g/mol. The molecule has 0 fully saturated rings. The number of halogens is 1. The lowest BCUT2D eigenvalue weighted by Crippen LogP contribution is -2.28. The van der Waals surface area contributed by atoms with Gasteiger partial charge in [-0.2, -0.15) is 0 Å². The van der Waals surface area contributed by atoms with Crippen molar-refractivity contribution in [3.63, 3.8) is 0 Å². The fraction of sp³-hybridized carbons (Fsp3) is 0.636. The van der Waals surface area contributed by atoms with Crippen LogP contribution in [0.15, 0.2) is 5.16 Å². The van der Waals surface area contributed by atoms with E-state index in [0.29, 0.717) is 0 Å². The van der Waals surface area contributed by atoms with Crippen molar-refractivity contribution >= 4 is 39.4 Å². The molecule has 0 aromatic rings. The van der Waals surface area contributed by atoms with Crippen molar-refractivity contribution in [2.45, 2.75) is 26.4 Å². The van der Waals surface area contributed by atoms with Crippen LogP contribution in [0.25, 0.3) is 0 Å². The number of esters is 2. The van der Waals surface area contributed by atoms with Gasteiger partial charge in [-0.3, -0.25) is 4.79 Å². The van der Waals surface area contributed by atoms with Gasteiger partial charge in [-0.1, -0.05) is 21.1 Å². The molecular formula is C11H16BrNO6. The van der Waals surface area contributed by atoms with Gasteiger partial charge < -0.3 is 14.3 Å². The van der Waals surface area contributed by atoms with Gasteiger partial charge in [0, 0.05) is 0 Å². The Morgan fingerprint density at radius 1 is 1.21 bits per heavy atom. The third-order valence-corrected chi connectivity index (χ3v) is 2.03. The van der Waals surface area contributed by atoms with Crippen LogP contribution in [-0.2, 0) is 28.7 Å². The number of carbonyl (C=O) groups is 3. The normalized spacial score (nSPS) is 11.7. The molecule has 0 saturated carbocycles. The van der Waals surface area contributed by atoms with E-state index in [0.717, 1.165) is 7.11 Å². The largest absolute Gasteiger partial charge is 0.464 e. The highest BCUT2D eigenvalue weighted by molar-refractivity contribution is 9.09. The highest BCUT2D eigenvalue weighted by atomic mass is 79.9. The predicted molar refractivity (Wildman–Crippen MR) is 70.0 cm³/mol.